The number of nitrogens with zero attached hydrogens (tertiary/aromatic N) is 2. The molecule has 2 aromatic heterocycles. The van der Waals surface area contributed by atoms with E-state index in [2.05, 4.69) is 21.9 Å². The number of carbonyl (C=O) groups excluding carboxylic acids is 2. The summed E-state index contributed by atoms with van der Waals surface area (Å²) in [7, 11) is 0. The highest BCUT2D eigenvalue weighted by Crippen LogP contribution is 2.31. The van der Waals surface area contributed by atoms with Gasteiger partial charge < -0.3 is 4.98 Å². The number of aromatic nitrogens is 2. The number of pyridine rings is 1. The van der Waals surface area contributed by atoms with E-state index in [1.54, 1.807) is 0 Å². The molecule has 2 amide bonds. The average molecular weight is 494 g/mol. The van der Waals surface area contributed by atoms with Crippen LogP contribution in [0.15, 0.2) is 84.9 Å². The van der Waals surface area contributed by atoms with Crippen molar-refractivity contribution in [1.82, 2.24) is 20.8 Å². The first-order valence-electron chi connectivity index (χ1n) is 11.8. The van der Waals surface area contributed by atoms with Crippen LogP contribution in [0.4, 0.5) is 5.69 Å². The smallest absolute Gasteiger partial charge is 0.269 e. The number of hydrogen-bond donors (Lipinski definition) is 3. The standard InChI is InChI=1S/C28H23N5O4/c34-26(31-32-28(35)19-12-15-20(16-13-19)33(36)37)11-5-8-22-21-7-2-4-10-24(21)30-27(22)25-17-14-18-6-1-3-9-23(18)29-25/h1-4,6-7,9-10,12-17,30H,5,8,11H2,(H,31,34)(H,32,35). The summed E-state index contributed by atoms with van der Waals surface area (Å²) in [5, 5.41) is 12.9. The fraction of sp³-hybridized carbons (Fsp3) is 0.107. The van der Waals surface area contributed by atoms with Crippen LogP contribution in [-0.2, 0) is 11.2 Å². The molecule has 0 fully saturated rings. The summed E-state index contributed by atoms with van der Waals surface area (Å²) in [5.41, 5.74) is 9.61. The third kappa shape index (κ3) is 5.15. The van der Waals surface area contributed by atoms with Gasteiger partial charge in [0.15, 0.2) is 0 Å². The number of aromatic amines is 1. The molecule has 5 aromatic rings. The highest BCUT2D eigenvalue weighted by atomic mass is 16.6. The predicted molar refractivity (Wildman–Crippen MR) is 141 cm³/mol. The van der Waals surface area contributed by atoms with E-state index in [0.29, 0.717) is 12.8 Å². The van der Waals surface area contributed by atoms with Crippen LogP contribution in [0.1, 0.15) is 28.8 Å². The number of rotatable bonds is 7. The fourth-order valence-electron chi connectivity index (χ4n) is 4.31. The zero-order valence-electron chi connectivity index (χ0n) is 19.7. The lowest BCUT2D eigenvalue weighted by Gasteiger charge is -2.08. The van der Waals surface area contributed by atoms with Gasteiger partial charge in [-0.2, -0.15) is 0 Å². The molecule has 5 rings (SSSR count). The first-order valence-corrected chi connectivity index (χ1v) is 11.8. The quantitative estimate of drug-likeness (QED) is 0.215. The number of fused-ring (bicyclic) bond motifs is 2. The Labute approximate surface area is 211 Å². The Morgan fingerprint density at radius 3 is 2.46 bits per heavy atom. The van der Waals surface area contributed by atoms with Gasteiger partial charge in [-0.25, -0.2) is 4.98 Å². The van der Waals surface area contributed by atoms with E-state index in [1.165, 1.54) is 24.3 Å². The average Bonchev–Trinajstić information content (AvgIpc) is 3.30. The van der Waals surface area contributed by atoms with E-state index in [1.807, 2.05) is 54.6 Å². The Hall–Kier alpha value is -5.05. The van der Waals surface area contributed by atoms with E-state index in [4.69, 9.17) is 4.98 Å². The predicted octanol–water partition coefficient (Wildman–Crippen LogP) is 5.08. The largest absolute Gasteiger partial charge is 0.353 e. The van der Waals surface area contributed by atoms with Crippen molar-refractivity contribution in [3.05, 3.63) is 106 Å². The summed E-state index contributed by atoms with van der Waals surface area (Å²) in [4.78, 5) is 43.1. The van der Waals surface area contributed by atoms with E-state index in [-0.39, 0.29) is 23.6 Å². The minimum atomic E-state index is -0.551. The summed E-state index contributed by atoms with van der Waals surface area (Å²) in [6.45, 7) is 0. The number of carbonyl (C=O) groups is 2. The molecule has 3 N–H and O–H groups in total. The second kappa shape index (κ2) is 10.3. The summed E-state index contributed by atoms with van der Waals surface area (Å²) >= 11 is 0. The molecule has 2 heterocycles. The zero-order valence-corrected chi connectivity index (χ0v) is 19.7. The molecular formula is C28H23N5O4. The second-order valence-electron chi connectivity index (χ2n) is 8.57. The molecule has 0 aliphatic heterocycles. The van der Waals surface area contributed by atoms with Crippen LogP contribution in [0.25, 0.3) is 33.2 Å². The van der Waals surface area contributed by atoms with Gasteiger partial charge in [-0.1, -0.05) is 42.5 Å². The highest BCUT2D eigenvalue weighted by Gasteiger charge is 2.15. The number of nitro benzene ring substituents is 1. The lowest BCUT2D eigenvalue weighted by Crippen LogP contribution is -2.41. The molecule has 0 saturated heterocycles. The molecule has 0 bridgehead atoms. The first kappa shape index (κ1) is 23.7. The van der Waals surface area contributed by atoms with Gasteiger partial charge in [0.2, 0.25) is 5.91 Å². The van der Waals surface area contributed by atoms with Crippen molar-refractivity contribution in [2.75, 3.05) is 0 Å². The van der Waals surface area contributed by atoms with Crippen LogP contribution < -0.4 is 10.9 Å². The van der Waals surface area contributed by atoms with Gasteiger partial charge in [-0.05, 0) is 48.7 Å². The van der Waals surface area contributed by atoms with Crippen molar-refractivity contribution >= 4 is 39.3 Å². The van der Waals surface area contributed by atoms with Crippen LogP contribution in [0.3, 0.4) is 0 Å². The molecule has 0 radical (unpaired) electrons. The molecule has 37 heavy (non-hydrogen) atoms. The zero-order chi connectivity index (χ0) is 25.8. The van der Waals surface area contributed by atoms with Crippen LogP contribution in [-0.4, -0.2) is 26.7 Å². The maximum atomic E-state index is 12.4. The number of nitrogens with one attached hydrogen (secondary N) is 3. The molecule has 0 aliphatic rings. The number of H-pyrrole nitrogens is 1. The third-order valence-corrected chi connectivity index (χ3v) is 6.15. The Morgan fingerprint density at radius 1 is 0.892 bits per heavy atom. The van der Waals surface area contributed by atoms with E-state index in [0.717, 1.165) is 38.8 Å². The Balaban J connectivity index is 1.25. The monoisotopic (exact) mass is 493 g/mol. The number of hydrogen-bond acceptors (Lipinski definition) is 5. The molecule has 0 unspecified atom stereocenters. The molecule has 9 nitrogen and oxygen atoms in total. The lowest BCUT2D eigenvalue weighted by atomic mass is 10.0. The summed E-state index contributed by atoms with van der Waals surface area (Å²) in [5.74, 6) is -0.884. The summed E-state index contributed by atoms with van der Waals surface area (Å²) in [6.07, 6.45) is 1.39. The Bertz CT molecular complexity index is 1630. The van der Waals surface area contributed by atoms with Crippen LogP contribution in [0.5, 0.6) is 0 Å². The van der Waals surface area contributed by atoms with Gasteiger partial charge in [-0.3, -0.25) is 30.6 Å². The van der Waals surface area contributed by atoms with Crippen LogP contribution in [0.2, 0.25) is 0 Å². The minimum Gasteiger partial charge on any atom is -0.353 e. The number of nitro groups is 1. The number of hydrazine groups is 1. The van der Waals surface area contributed by atoms with Crippen molar-refractivity contribution in [3.8, 4) is 11.4 Å². The normalized spacial score (nSPS) is 10.9. The number of non-ortho nitro benzene ring substituents is 1. The highest BCUT2D eigenvalue weighted by molar-refractivity contribution is 5.95. The Morgan fingerprint density at radius 2 is 1.65 bits per heavy atom. The fourth-order valence-corrected chi connectivity index (χ4v) is 4.31. The second-order valence-corrected chi connectivity index (χ2v) is 8.57. The molecule has 184 valence electrons. The van der Waals surface area contributed by atoms with Crippen LogP contribution in [0, 0.1) is 10.1 Å². The summed E-state index contributed by atoms with van der Waals surface area (Å²) in [6, 6.07) is 25.2. The molecule has 0 aliphatic carbocycles. The van der Waals surface area contributed by atoms with Gasteiger partial charge in [0.25, 0.3) is 11.6 Å². The molecular weight excluding hydrogens is 470 g/mol. The SMILES string of the molecule is O=C(CCCc1c(-c2ccc3ccccc3n2)[nH]c2ccccc12)NNC(=O)c1ccc([N+](=O)[O-])cc1. The molecule has 3 aromatic carbocycles. The first-order chi connectivity index (χ1) is 18.0. The topological polar surface area (TPSA) is 130 Å². The third-order valence-electron chi connectivity index (χ3n) is 6.15. The molecule has 0 saturated carbocycles. The Kier molecular flexibility index (Phi) is 6.58. The van der Waals surface area contributed by atoms with E-state index < -0.39 is 10.8 Å². The van der Waals surface area contributed by atoms with Crippen LogP contribution >= 0.6 is 0 Å². The van der Waals surface area contributed by atoms with Crippen molar-refractivity contribution in [2.45, 2.75) is 19.3 Å². The van der Waals surface area contributed by atoms with E-state index >= 15 is 0 Å². The van der Waals surface area contributed by atoms with Gasteiger partial charge in [0.05, 0.1) is 21.8 Å². The molecule has 9 heteroatoms. The number of para-hydroxylation sites is 2. The van der Waals surface area contributed by atoms with E-state index in [9.17, 15) is 19.7 Å². The number of amides is 2. The molecule has 0 atom stereocenters. The number of benzene rings is 3. The van der Waals surface area contributed by atoms with Crippen molar-refractivity contribution in [2.24, 2.45) is 0 Å². The lowest BCUT2D eigenvalue weighted by molar-refractivity contribution is -0.384. The minimum absolute atomic E-state index is 0.115. The van der Waals surface area contributed by atoms with Crippen molar-refractivity contribution in [1.29, 1.82) is 0 Å². The molecule has 0 spiro atoms. The van der Waals surface area contributed by atoms with Gasteiger partial charge >= 0.3 is 0 Å². The van der Waals surface area contributed by atoms with Gasteiger partial charge in [0, 0.05) is 40.4 Å². The maximum Gasteiger partial charge on any atom is 0.269 e. The van der Waals surface area contributed by atoms with Gasteiger partial charge in [0.1, 0.15) is 0 Å². The van der Waals surface area contributed by atoms with Gasteiger partial charge in [-0.15, -0.1) is 0 Å². The maximum absolute atomic E-state index is 12.4. The summed E-state index contributed by atoms with van der Waals surface area (Å²) < 4.78 is 0. The number of aryl methyl sites for hydroxylation is 1. The van der Waals surface area contributed by atoms with Crippen molar-refractivity contribution < 1.29 is 14.5 Å². The van der Waals surface area contributed by atoms with Crippen molar-refractivity contribution in [3.63, 3.8) is 0 Å².